The van der Waals surface area contributed by atoms with Crippen LogP contribution in [0.2, 0.25) is 0 Å². The number of hydrogen-bond donors (Lipinski definition) is 1. The van der Waals surface area contributed by atoms with Crippen molar-refractivity contribution in [3.63, 3.8) is 0 Å². The van der Waals surface area contributed by atoms with Gasteiger partial charge in [-0.25, -0.2) is 4.79 Å². The molecule has 2 atom stereocenters. The molecule has 0 bridgehead atoms. The van der Waals surface area contributed by atoms with Crippen molar-refractivity contribution in [2.24, 2.45) is 17.0 Å². The average molecular weight is 399 g/mol. The van der Waals surface area contributed by atoms with Crippen LogP contribution in [0.3, 0.4) is 0 Å². The Bertz CT molecular complexity index is 760. The Hall–Kier alpha value is -3.02. The summed E-state index contributed by atoms with van der Waals surface area (Å²) in [6, 6.07) is 16.6. The number of nitrogens with one attached hydrogen (secondary N) is 1. The number of oxime groups is 1. The van der Waals surface area contributed by atoms with Crippen LogP contribution in [0.15, 0.2) is 59.8 Å². The molecule has 0 saturated heterocycles. The summed E-state index contributed by atoms with van der Waals surface area (Å²) in [6.07, 6.45) is 1.69. The Morgan fingerprint density at radius 2 is 1.79 bits per heavy atom. The maximum Gasteiger partial charge on any atom is 0.329 e. The van der Waals surface area contributed by atoms with E-state index < -0.39 is 6.04 Å². The molecule has 0 aliphatic carbocycles. The van der Waals surface area contributed by atoms with E-state index in [1.807, 2.05) is 68.4 Å². The minimum absolute atomic E-state index is 0.138. The van der Waals surface area contributed by atoms with Crippen LogP contribution < -0.4 is 10.1 Å². The van der Waals surface area contributed by atoms with E-state index in [2.05, 4.69) is 10.5 Å². The van der Waals surface area contributed by atoms with Gasteiger partial charge in [0.05, 0.1) is 13.7 Å². The van der Waals surface area contributed by atoms with Crippen molar-refractivity contribution in [3.05, 3.63) is 60.2 Å². The number of rotatable bonds is 11. The molecule has 0 aliphatic rings. The van der Waals surface area contributed by atoms with E-state index in [4.69, 9.17) is 14.3 Å². The smallest absolute Gasteiger partial charge is 0.329 e. The molecule has 0 aromatic heterocycles. The molecule has 2 aromatic rings. The number of ether oxygens (including phenoxy) is 2. The van der Waals surface area contributed by atoms with Crippen LogP contribution >= 0.6 is 0 Å². The van der Waals surface area contributed by atoms with Crippen molar-refractivity contribution < 1.29 is 19.1 Å². The van der Waals surface area contributed by atoms with Gasteiger partial charge in [-0.1, -0.05) is 49.3 Å². The normalized spacial score (nSPS) is 13.1. The van der Waals surface area contributed by atoms with E-state index >= 15 is 0 Å². The SMILES string of the molecule is CCOC(=O)[C@@H](Nc1ccc(OC)cc1)[C@@H](/C=N/OCc1ccccc1)C(C)C. The maximum absolute atomic E-state index is 12.7. The highest BCUT2D eigenvalue weighted by molar-refractivity contribution is 5.84. The summed E-state index contributed by atoms with van der Waals surface area (Å²) in [5.41, 5.74) is 1.83. The zero-order valence-corrected chi connectivity index (χ0v) is 17.5. The van der Waals surface area contributed by atoms with E-state index in [0.717, 1.165) is 17.0 Å². The van der Waals surface area contributed by atoms with Gasteiger partial charge in [0.1, 0.15) is 18.4 Å². The number of methoxy groups -OCH3 is 1. The van der Waals surface area contributed by atoms with Crippen molar-refractivity contribution in [1.82, 2.24) is 0 Å². The molecule has 2 aromatic carbocycles. The minimum Gasteiger partial charge on any atom is -0.497 e. The second-order valence-electron chi connectivity index (χ2n) is 6.94. The highest BCUT2D eigenvalue weighted by atomic mass is 16.6. The standard InChI is InChI=1S/C23H30N2O4/c1-5-28-23(26)22(25-19-11-13-20(27-4)14-12-19)21(17(2)3)15-24-29-16-18-9-7-6-8-10-18/h6-15,17,21-22,25H,5,16H2,1-4H3/b24-15+/t21-,22-/m0/s1. The van der Waals surface area contributed by atoms with Gasteiger partial charge >= 0.3 is 5.97 Å². The summed E-state index contributed by atoms with van der Waals surface area (Å²) in [6.45, 7) is 6.56. The van der Waals surface area contributed by atoms with Crippen LogP contribution in [0, 0.1) is 11.8 Å². The van der Waals surface area contributed by atoms with Crippen LogP contribution in [0.25, 0.3) is 0 Å². The molecule has 1 N–H and O–H groups in total. The fourth-order valence-corrected chi connectivity index (χ4v) is 2.85. The molecule has 6 nitrogen and oxygen atoms in total. The number of anilines is 1. The molecule has 0 amide bonds. The summed E-state index contributed by atoms with van der Waals surface area (Å²) in [5, 5.41) is 7.41. The molecule has 0 saturated carbocycles. The molecule has 0 radical (unpaired) electrons. The second-order valence-corrected chi connectivity index (χ2v) is 6.94. The van der Waals surface area contributed by atoms with E-state index in [1.54, 1.807) is 20.2 Å². The predicted octanol–water partition coefficient (Wildman–Crippen LogP) is 4.51. The van der Waals surface area contributed by atoms with Crippen LogP contribution in [0.1, 0.15) is 26.3 Å². The molecular formula is C23H30N2O4. The maximum atomic E-state index is 12.7. The van der Waals surface area contributed by atoms with Crippen molar-refractivity contribution >= 4 is 17.9 Å². The van der Waals surface area contributed by atoms with Crippen LogP contribution in [-0.2, 0) is 21.0 Å². The lowest BCUT2D eigenvalue weighted by Gasteiger charge is -2.27. The summed E-state index contributed by atoms with van der Waals surface area (Å²) < 4.78 is 10.5. The lowest BCUT2D eigenvalue weighted by Crippen LogP contribution is -2.41. The molecule has 0 fully saturated rings. The van der Waals surface area contributed by atoms with Crippen LogP contribution in [0.5, 0.6) is 5.75 Å². The van der Waals surface area contributed by atoms with Crippen molar-refractivity contribution in [1.29, 1.82) is 0 Å². The lowest BCUT2D eigenvalue weighted by molar-refractivity contribution is -0.145. The molecule has 0 heterocycles. The van der Waals surface area contributed by atoms with Crippen molar-refractivity contribution in [2.45, 2.75) is 33.4 Å². The van der Waals surface area contributed by atoms with Crippen molar-refractivity contribution in [3.8, 4) is 5.75 Å². The molecule has 0 unspecified atom stereocenters. The first-order chi connectivity index (χ1) is 14.0. The number of carbonyl (C=O) groups is 1. The zero-order chi connectivity index (χ0) is 21.1. The number of hydrogen-bond acceptors (Lipinski definition) is 6. The van der Waals surface area contributed by atoms with E-state index in [9.17, 15) is 4.79 Å². The first kappa shape index (κ1) is 22.3. The van der Waals surface area contributed by atoms with E-state index in [0.29, 0.717) is 13.2 Å². The average Bonchev–Trinajstić information content (AvgIpc) is 2.73. The predicted molar refractivity (Wildman–Crippen MR) is 115 cm³/mol. The third-order valence-corrected chi connectivity index (χ3v) is 4.49. The first-order valence-electron chi connectivity index (χ1n) is 9.81. The van der Waals surface area contributed by atoms with Crippen LogP contribution in [-0.4, -0.2) is 31.9 Å². The summed E-state index contributed by atoms with van der Waals surface area (Å²) in [4.78, 5) is 18.1. The van der Waals surface area contributed by atoms with Crippen molar-refractivity contribution in [2.75, 3.05) is 19.0 Å². The fraction of sp³-hybridized carbons (Fsp3) is 0.391. The molecule has 0 aliphatic heterocycles. The zero-order valence-electron chi connectivity index (χ0n) is 17.5. The molecule has 156 valence electrons. The van der Waals surface area contributed by atoms with Gasteiger partial charge < -0.3 is 19.6 Å². The van der Waals surface area contributed by atoms with Gasteiger partial charge in [0.2, 0.25) is 0 Å². The summed E-state index contributed by atoms with van der Waals surface area (Å²) in [5.74, 6) is 0.349. The van der Waals surface area contributed by atoms with Gasteiger partial charge in [-0.15, -0.1) is 0 Å². The van der Waals surface area contributed by atoms with Gasteiger partial charge in [0, 0.05) is 17.8 Å². The highest BCUT2D eigenvalue weighted by Gasteiger charge is 2.31. The largest absolute Gasteiger partial charge is 0.497 e. The third kappa shape index (κ3) is 7.14. The molecular weight excluding hydrogens is 368 g/mol. The van der Waals surface area contributed by atoms with Gasteiger partial charge in [-0.3, -0.25) is 0 Å². The molecule has 2 rings (SSSR count). The first-order valence-corrected chi connectivity index (χ1v) is 9.81. The van der Waals surface area contributed by atoms with Gasteiger partial charge in [-0.2, -0.15) is 0 Å². The van der Waals surface area contributed by atoms with E-state index in [1.165, 1.54) is 0 Å². The number of carbonyl (C=O) groups excluding carboxylic acids is 1. The van der Waals surface area contributed by atoms with Gasteiger partial charge in [0.25, 0.3) is 0 Å². The number of esters is 1. The quantitative estimate of drug-likeness (QED) is 0.343. The second kappa shape index (κ2) is 11.7. The Morgan fingerprint density at radius 3 is 2.38 bits per heavy atom. The highest BCUT2D eigenvalue weighted by Crippen LogP contribution is 2.22. The number of benzene rings is 2. The summed E-state index contributed by atoms with van der Waals surface area (Å²) >= 11 is 0. The summed E-state index contributed by atoms with van der Waals surface area (Å²) in [7, 11) is 1.62. The Labute approximate surface area is 172 Å². The van der Waals surface area contributed by atoms with Gasteiger partial charge in [-0.05, 0) is 42.7 Å². The fourth-order valence-electron chi connectivity index (χ4n) is 2.85. The van der Waals surface area contributed by atoms with Crippen LogP contribution in [0.4, 0.5) is 5.69 Å². The minimum atomic E-state index is -0.590. The topological polar surface area (TPSA) is 69.2 Å². The molecule has 29 heavy (non-hydrogen) atoms. The molecule has 6 heteroatoms. The number of nitrogens with zero attached hydrogens (tertiary/aromatic N) is 1. The third-order valence-electron chi connectivity index (χ3n) is 4.49. The lowest BCUT2D eigenvalue weighted by atomic mass is 9.89. The van der Waals surface area contributed by atoms with Gasteiger partial charge in [0.15, 0.2) is 0 Å². The monoisotopic (exact) mass is 398 g/mol. The molecule has 0 spiro atoms. The Balaban J connectivity index is 2.12. The Morgan fingerprint density at radius 1 is 1.10 bits per heavy atom. The Kier molecular flexibility index (Phi) is 9.02. The van der Waals surface area contributed by atoms with E-state index in [-0.39, 0.29) is 17.8 Å².